The van der Waals surface area contributed by atoms with E-state index in [2.05, 4.69) is 40.6 Å². The molecule has 0 radical (unpaired) electrons. The van der Waals surface area contributed by atoms with Gasteiger partial charge in [-0.2, -0.15) is 10.5 Å². The lowest BCUT2D eigenvalue weighted by Crippen LogP contribution is -2.13. The second kappa shape index (κ2) is 9.73. The molecule has 5 nitrogen and oxygen atoms in total. The molecule has 1 aromatic carbocycles. The highest BCUT2D eigenvalue weighted by molar-refractivity contribution is 14.1. The van der Waals surface area contributed by atoms with Crippen LogP contribution in [0.2, 0.25) is 0 Å². The van der Waals surface area contributed by atoms with E-state index in [1.54, 1.807) is 18.2 Å². The van der Waals surface area contributed by atoms with Gasteiger partial charge in [0.1, 0.15) is 35.1 Å². The Morgan fingerprint density at radius 1 is 1.34 bits per heavy atom. The van der Waals surface area contributed by atoms with Crippen LogP contribution in [0.25, 0.3) is 6.08 Å². The molecule has 0 saturated carbocycles. The first-order chi connectivity index (χ1) is 14.1. The van der Waals surface area contributed by atoms with Gasteiger partial charge in [0.25, 0.3) is 5.91 Å². The van der Waals surface area contributed by atoms with E-state index < -0.39 is 5.91 Å². The molecular formula is C22H18IN3O2S. The van der Waals surface area contributed by atoms with Crippen LogP contribution in [0.1, 0.15) is 34.4 Å². The van der Waals surface area contributed by atoms with Crippen molar-refractivity contribution in [1.82, 2.24) is 0 Å². The summed E-state index contributed by atoms with van der Waals surface area (Å²) in [6.07, 6.45) is 7.16. The van der Waals surface area contributed by atoms with Crippen molar-refractivity contribution in [2.75, 3.05) is 11.9 Å². The number of hydrogen-bond donors (Lipinski definition) is 1. The molecule has 1 heterocycles. The zero-order chi connectivity index (χ0) is 20.8. The molecule has 0 spiro atoms. The number of carbonyl (C=O) groups is 1. The SMILES string of the molecule is C=CCOc1ccc(/C=C(\C#N)C(=O)Nc2sc3c(c2C#N)CCCC3)cc1I. The highest BCUT2D eigenvalue weighted by Gasteiger charge is 2.22. The number of anilines is 1. The molecule has 0 atom stereocenters. The predicted molar refractivity (Wildman–Crippen MR) is 123 cm³/mol. The van der Waals surface area contributed by atoms with Crippen LogP contribution in [0.5, 0.6) is 5.75 Å². The third kappa shape index (κ3) is 4.87. The summed E-state index contributed by atoms with van der Waals surface area (Å²) in [6.45, 7) is 4.03. The summed E-state index contributed by atoms with van der Waals surface area (Å²) < 4.78 is 6.41. The van der Waals surface area contributed by atoms with Crippen LogP contribution in [-0.2, 0) is 17.6 Å². The molecule has 3 rings (SSSR count). The highest BCUT2D eigenvalue weighted by Crippen LogP contribution is 2.37. The molecule has 7 heteroatoms. The minimum absolute atomic E-state index is 0.0178. The van der Waals surface area contributed by atoms with Crippen LogP contribution in [0.4, 0.5) is 5.00 Å². The van der Waals surface area contributed by atoms with Crippen molar-refractivity contribution in [1.29, 1.82) is 10.5 Å². The van der Waals surface area contributed by atoms with Gasteiger partial charge >= 0.3 is 0 Å². The van der Waals surface area contributed by atoms with Crippen molar-refractivity contribution in [2.24, 2.45) is 0 Å². The summed E-state index contributed by atoms with van der Waals surface area (Å²) in [6, 6.07) is 9.61. The Balaban J connectivity index is 1.82. The zero-order valence-electron chi connectivity index (χ0n) is 15.6. The molecule has 0 aliphatic heterocycles. The number of ether oxygens (including phenoxy) is 1. The third-order valence-electron chi connectivity index (χ3n) is 4.50. The molecule has 0 bridgehead atoms. The maximum absolute atomic E-state index is 12.7. The lowest BCUT2D eigenvalue weighted by molar-refractivity contribution is -0.112. The standard InChI is InChI=1S/C22H18IN3O2S/c1-2-9-28-19-8-7-14(11-18(19)23)10-15(12-24)21(27)26-22-17(13-25)16-5-3-4-6-20(16)29-22/h2,7-8,10-11H,1,3-6,9H2,(H,26,27)/b15-10+. The monoisotopic (exact) mass is 515 g/mol. The van der Waals surface area contributed by atoms with Crippen molar-refractivity contribution >= 4 is 50.9 Å². The van der Waals surface area contributed by atoms with Crippen LogP contribution in [0, 0.1) is 26.2 Å². The number of nitriles is 2. The number of hydrogen-bond acceptors (Lipinski definition) is 5. The summed E-state index contributed by atoms with van der Waals surface area (Å²) in [5.74, 6) is 0.207. The second-order valence-corrected chi connectivity index (χ2v) is 8.71. The lowest BCUT2D eigenvalue weighted by atomic mass is 9.96. The molecule has 1 aliphatic rings. The molecule has 1 N–H and O–H groups in total. The molecule has 29 heavy (non-hydrogen) atoms. The molecule has 0 fully saturated rings. The van der Waals surface area contributed by atoms with Gasteiger partial charge in [0, 0.05) is 4.88 Å². The van der Waals surface area contributed by atoms with E-state index in [1.165, 1.54) is 17.4 Å². The number of fused-ring (bicyclic) bond motifs is 1. The topological polar surface area (TPSA) is 85.9 Å². The first-order valence-corrected chi connectivity index (χ1v) is 11.0. The molecule has 1 amide bonds. The largest absolute Gasteiger partial charge is 0.488 e. The Kier molecular flexibility index (Phi) is 7.08. The fraction of sp³-hybridized carbons (Fsp3) is 0.227. The van der Waals surface area contributed by atoms with Crippen molar-refractivity contribution in [2.45, 2.75) is 25.7 Å². The van der Waals surface area contributed by atoms with Gasteiger partial charge in [-0.3, -0.25) is 4.79 Å². The van der Waals surface area contributed by atoms with E-state index in [-0.39, 0.29) is 5.57 Å². The molecule has 146 valence electrons. The van der Waals surface area contributed by atoms with E-state index in [1.807, 2.05) is 12.1 Å². The van der Waals surface area contributed by atoms with Gasteiger partial charge in [-0.25, -0.2) is 0 Å². The lowest BCUT2D eigenvalue weighted by Gasteiger charge is -2.09. The van der Waals surface area contributed by atoms with Crippen LogP contribution < -0.4 is 10.1 Å². The Bertz CT molecular complexity index is 1070. The number of halogens is 1. The number of nitrogens with zero attached hydrogens (tertiary/aromatic N) is 2. The molecule has 2 aromatic rings. The van der Waals surface area contributed by atoms with Crippen LogP contribution in [0.3, 0.4) is 0 Å². The number of aryl methyl sites for hydroxylation is 1. The maximum Gasteiger partial charge on any atom is 0.266 e. The molecule has 1 aliphatic carbocycles. The first-order valence-electron chi connectivity index (χ1n) is 9.08. The Hall–Kier alpha value is -2.62. The number of carbonyl (C=O) groups excluding carboxylic acids is 1. The quantitative estimate of drug-likeness (QED) is 0.248. The maximum atomic E-state index is 12.7. The predicted octanol–water partition coefficient (Wildman–Crippen LogP) is 5.21. The van der Waals surface area contributed by atoms with Crippen molar-refractivity contribution in [3.05, 3.63) is 61.6 Å². The molecule has 0 unspecified atom stereocenters. The number of rotatable bonds is 6. The van der Waals surface area contributed by atoms with Gasteiger partial charge in [-0.05, 0) is 77.6 Å². The van der Waals surface area contributed by atoms with Crippen molar-refractivity contribution < 1.29 is 9.53 Å². The number of benzene rings is 1. The summed E-state index contributed by atoms with van der Waals surface area (Å²) in [7, 11) is 0. The Morgan fingerprint density at radius 3 is 2.83 bits per heavy atom. The van der Waals surface area contributed by atoms with E-state index in [9.17, 15) is 15.3 Å². The summed E-state index contributed by atoms with van der Waals surface area (Å²) >= 11 is 3.59. The van der Waals surface area contributed by atoms with Crippen LogP contribution in [0.15, 0.2) is 36.4 Å². The normalized spacial score (nSPS) is 13.0. The summed E-state index contributed by atoms with van der Waals surface area (Å²) in [5, 5.41) is 22.3. The van der Waals surface area contributed by atoms with E-state index in [0.717, 1.165) is 45.3 Å². The van der Waals surface area contributed by atoms with Crippen LogP contribution >= 0.6 is 33.9 Å². The first kappa shape index (κ1) is 21.1. The number of amides is 1. The summed E-state index contributed by atoms with van der Waals surface area (Å²) in [5.41, 5.74) is 2.29. The van der Waals surface area contributed by atoms with E-state index in [4.69, 9.17) is 4.74 Å². The van der Waals surface area contributed by atoms with E-state index >= 15 is 0 Å². The van der Waals surface area contributed by atoms with Gasteiger partial charge in [0.2, 0.25) is 0 Å². The van der Waals surface area contributed by atoms with Gasteiger partial charge < -0.3 is 10.1 Å². The fourth-order valence-electron chi connectivity index (χ4n) is 3.13. The highest BCUT2D eigenvalue weighted by atomic mass is 127. The van der Waals surface area contributed by atoms with Crippen LogP contribution in [-0.4, -0.2) is 12.5 Å². The fourth-order valence-corrected chi connectivity index (χ4v) is 5.06. The minimum Gasteiger partial charge on any atom is -0.488 e. The van der Waals surface area contributed by atoms with Crippen molar-refractivity contribution in [3.63, 3.8) is 0 Å². The Labute approximate surface area is 187 Å². The average Bonchev–Trinajstić information content (AvgIpc) is 3.08. The smallest absolute Gasteiger partial charge is 0.266 e. The molecule has 0 saturated heterocycles. The second-order valence-electron chi connectivity index (χ2n) is 6.44. The van der Waals surface area contributed by atoms with Gasteiger partial charge in [-0.15, -0.1) is 11.3 Å². The third-order valence-corrected chi connectivity index (χ3v) is 6.55. The average molecular weight is 515 g/mol. The number of thiophene rings is 1. The molecular weight excluding hydrogens is 497 g/mol. The van der Waals surface area contributed by atoms with Gasteiger partial charge in [-0.1, -0.05) is 18.7 Å². The molecule has 1 aromatic heterocycles. The minimum atomic E-state index is -0.510. The van der Waals surface area contributed by atoms with Gasteiger partial charge in [0.05, 0.1) is 9.13 Å². The Morgan fingerprint density at radius 2 is 2.14 bits per heavy atom. The summed E-state index contributed by atoms with van der Waals surface area (Å²) in [4.78, 5) is 13.8. The van der Waals surface area contributed by atoms with E-state index in [0.29, 0.717) is 22.9 Å². The zero-order valence-corrected chi connectivity index (χ0v) is 18.6. The van der Waals surface area contributed by atoms with Crippen molar-refractivity contribution in [3.8, 4) is 17.9 Å². The van der Waals surface area contributed by atoms with Gasteiger partial charge in [0.15, 0.2) is 0 Å². The number of nitrogens with one attached hydrogen (secondary N) is 1.